The first-order chi connectivity index (χ1) is 8.81. The number of amides is 1. The van der Waals surface area contributed by atoms with Gasteiger partial charge in [0.15, 0.2) is 0 Å². The van der Waals surface area contributed by atoms with E-state index in [1.54, 1.807) is 35.7 Å². The monoisotopic (exact) mass is 265 g/mol. The first-order valence-corrected chi connectivity index (χ1v) is 6.48. The summed E-state index contributed by atoms with van der Waals surface area (Å²) in [5.41, 5.74) is 0. The second-order valence-corrected chi connectivity index (χ2v) is 4.78. The van der Waals surface area contributed by atoms with Gasteiger partial charge in [-0.2, -0.15) is 0 Å². The average molecular weight is 265 g/mol. The van der Waals surface area contributed by atoms with Gasteiger partial charge in [0.25, 0.3) is 0 Å². The Morgan fingerprint density at radius 3 is 3.11 bits per heavy atom. The van der Waals surface area contributed by atoms with E-state index in [9.17, 15) is 4.79 Å². The summed E-state index contributed by atoms with van der Waals surface area (Å²) in [6, 6.07) is 3.92. The number of hydrogen-bond acceptors (Lipinski definition) is 4. The van der Waals surface area contributed by atoms with Crippen molar-refractivity contribution >= 4 is 17.4 Å². The zero-order valence-corrected chi connectivity index (χ0v) is 11.0. The minimum Gasteiger partial charge on any atom is -0.383 e. The second-order valence-electron chi connectivity index (χ2n) is 3.75. The van der Waals surface area contributed by atoms with Gasteiger partial charge in [-0.05, 0) is 11.4 Å². The van der Waals surface area contributed by atoms with Crippen molar-refractivity contribution in [2.75, 3.05) is 20.3 Å². The number of thiophene rings is 1. The van der Waals surface area contributed by atoms with Crippen LogP contribution in [0.2, 0.25) is 0 Å². The molecule has 0 spiro atoms. The highest BCUT2D eigenvalue weighted by Crippen LogP contribution is 2.12. The first kappa shape index (κ1) is 12.8. The summed E-state index contributed by atoms with van der Waals surface area (Å²) < 4.78 is 6.52. The summed E-state index contributed by atoms with van der Waals surface area (Å²) in [6.45, 7) is 1.68. The van der Waals surface area contributed by atoms with Crippen LogP contribution in [-0.2, 0) is 11.3 Å². The SMILES string of the molecule is COCCN(Cc1cccs1)C(=O)n1ccnc1. The summed E-state index contributed by atoms with van der Waals surface area (Å²) in [5, 5.41) is 2.01. The minimum absolute atomic E-state index is 0.0852. The van der Waals surface area contributed by atoms with E-state index in [-0.39, 0.29) is 6.03 Å². The summed E-state index contributed by atoms with van der Waals surface area (Å²) in [5.74, 6) is 0. The van der Waals surface area contributed by atoms with Crippen LogP contribution in [0.1, 0.15) is 4.88 Å². The molecule has 0 saturated carbocycles. The van der Waals surface area contributed by atoms with E-state index in [0.717, 1.165) is 4.88 Å². The first-order valence-electron chi connectivity index (χ1n) is 5.60. The van der Waals surface area contributed by atoms with Crippen LogP contribution in [0.4, 0.5) is 4.79 Å². The van der Waals surface area contributed by atoms with Crippen LogP contribution in [0.25, 0.3) is 0 Å². The third kappa shape index (κ3) is 3.18. The van der Waals surface area contributed by atoms with Gasteiger partial charge >= 0.3 is 6.03 Å². The molecule has 0 aliphatic heterocycles. The van der Waals surface area contributed by atoms with Gasteiger partial charge in [-0.1, -0.05) is 6.07 Å². The van der Waals surface area contributed by atoms with Crippen molar-refractivity contribution in [1.29, 1.82) is 0 Å². The lowest BCUT2D eigenvalue weighted by Gasteiger charge is -2.21. The van der Waals surface area contributed by atoms with Crippen LogP contribution >= 0.6 is 11.3 Å². The predicted octanol–water partition coefficient (Wildman–Crippen LogP) is 2.06. The van der Waals surface area contributed by atoms with Gasteiger partial charge in [0.2, 0.25) is 0 Å². The van der Waals surface area contributed by atoms with Crippen molar-refractivity contribution in [3.63, 3.8) is 0 Å². The number of nitrogens with zero attached hydrogens (tertiary/aromatic N) is 3. The van der Waals surface area contributed by atoms with E-state index >= 15 is 0 Å². The molecule has 0 bridgehead atoms. The molecular formula is C12H15N3O2S. The van der Waals surface area contributed by atoms with Gasteiger partial charge in [0.1, 0.15) is 6.33 Å². The topological polar surface area (TPSA) is 47.4 Å². The molecule has 0 saturated heterocycles. The van der Waals surface area contributed by atoms with Gasteiger partial charge in [0, 0.05) is 30.9 Å². The number of ether oxygens (including phenoxy) is 1. The predicted molar refractivity (Wildman–Crippen MR) is 69.6 cm³/mol. The normalized spacial score (nSPS) is 10.5. The Balaban J connectivity index is 2.07. The Bertz CT molecular complexity index is 467. The molecular weight excluding hydrogens is 250 g/mol. The average Bonchev–Trinajstić information content (AvgIpc) is 3.06. The quantitative estimate of drug-likeness (QED) is 0.831. The summed E-state index contributed by atoms with van der Waals surface area (Å²) in [7, 11) is 1.63. The Morgan fingerprint density at radius 2 is 2.50 bits per heavy atom. The van der Waals surface area contributed by atoms with Gasteiger partial charge in [0.05, 0.1) is 13.2 Å². The molecule has 2 aromatic rings. The molecule has 0 N–H and O–H groups in total. The van der Waals surface area contributed by atoms with E-state index < -0.39 is 0 Å². The number of methoxy groups -OCH3 is 1. The number of aromatic nitrogens is 2. The molecule has 0 unspecified atom stereocenters. The molecule has 1 amide bonds. The van der Waals surface area contributed by atoms with Crippen molar-refractivity contribution < 1.29 is 9.53 Å². The summed E-state index contributed by atoms with van der Waals surface area (Å²) >= 11 is 1.64. The molecule has 2 aromatic heterocycles. The third-order valence-corrected chi connectivity index (χ3v) is 3.35. The Labute approximate surface area is 110 Å². The standard InChI is InChI=1S/C12H15N3O2S/c1-17-7-6-14(9-11-3-2-8-18-11)12(16)15-5-4-13-10-15/h2-5,8,10H,6-7,9H2,1H3. The highest BCUT2D eigenvalue weighted by molar-refractivity contribution is 7.09. The van der Waals surface area contributed by atoms with Crippen molar-refractivity contribution in [1.82, 2.24) is 14.5 Å². The van der Waals surface area contributed by atoms with Crippen LogP contribution in [0, 0.1) is 0 Å². The van der Waals surface area contributed by atoms with E-state index in [1.807, 2.05) is 17.5 Å². The summed E-state index contributed by atoms with van der Waals surface area (Å²) in [4.78, 5) is 19.0. The van der Waals surface area contributed by atoms with E-state index in [2.05, 4.69) is 4.98 Å². The Morgan fingerprint density at radius 1 is 1.61 bits per heavy atom. The molecule has 2 rings (SSSR count). The van der Waals surface area contributed by atoms with Gasteiger partial charge in [-0.25, -0.2) is 9.78 Å². The Kier molecular flexibility index (Phi) is 4.49. The number of carbonyl (C=O) groups is 1. The van der Waals surface area contributed by atoms with Gasteiger partial charge < -0.3 is 9.64 Å². The number of rotatable bonds is 5. The lowest BCUT2D eigenvalue weighted by Crippen LogP contribution is -2.35. The van der Waals surface area contributed by atoms with E-state index in [1.165, 1.54) is 10.9 Å². The molecule has 2 heterocycles. The number of imidazole rings is 1. The van der Waals surface area contributed by atoms with Crippen molar-refractivity contribution in [2.45, 2.75) is 6.54 Å². The maximum atomic E-state index is 12.2. The summed E-state index contributed by atoms with van der Waals surface area (Å²) in [6.07, 6.45) is 4.75. The minimum atomic E-state index is -0.0852. The van der Waals surface area contributed by atoms with Crippen molar-refractivity contribution in [3.05, 3.63) is 41.1 Å². The smallest absolute Gasteiger partial charge is 0.329 e. The number of carbonyl (C=O) groups excluding carboxylic acids is 1. The highest BCUT2D eigenvalue weighted by Gasteiger charge is 2.15. The Hall–Kier alpha value is -1.66. The molecule has 0 fully saturated rings. The lowest BCUT2D eigenvalue weighted by molar-refractivity contribution is 0.147. The lowest BCUT2D eigenvalue weighted by atomic mass is 10.4. The van der Waals surface area contributed by atoms with Crippen LogP contribution in [0.5, 0.6) is 0 Å². The zero-order chi connectivity index (χ0) is 12.8. The molecule has 0 aliphatic rings. The molecule has 0 aliphatic carbocycles. The number of hydrogen-bond donors (Lipinski definition) is 0. The van der Waals surface area contributed by atoms with E-state index in [0.29, 0.717) is 19.7 Å². The van der Waals surface area contributed by atoms with Gasteiger partial charge in [-0.3, -0.25) is 4.57 Å². The third-order valence-electron chi connectivity index (χ3n) is 2.49. The molecule has 18 heavy (non-hydrogen) atoms. The highest BCUT2D eigenvalue weighted by atomic mass is 32.1. The maximum absolute atomic E-state index is 12.2. The van der Waals surface area contributed by atoms with E-state index in [4.69, 9.17) is 4.74 Å². The fraction of sp³-hybridized carbons (Fsp3) is 0.333. The fourth-order valence-electron chi connectivity index (χ4n) is 1.57. The second kappa shape index (κ2) is 6.32. The molecule has 5 nitrogen and oxygen atoms in total. The molecule has 0 aromatic carbocycles. The van der Waals surface area contributed by atoms with Gasteiger partial charge in [-0.15, -0.1) is 11.3 Å². The maximum Gasteiger partial charge on any atom is 0.329 e. The van der Waals surface area contributed by atoms with Crippen LogP contribution in [0.15, 0.2) is 36.2 Å². The van der Waals surface area contributed by atoms with Crippen LogP contribution in [-0.4, -0.2) is 40.7 Å². The van der Waals surface area contributed by atoms with Crippen LogP contribution in [0.3, 0.4) is 0 Å². The molecule has 96 valence electrons. The van der Waals surface area contributed by atoms with Crippen molar-refractivity contribution in [2.24, 2.45) is 0 Å². The molecule has 6 heteroatoms. The zero-order valence-electron chi connectivity index (χ0n) is 10.2. The fourth-order valence-corrected chi connectivity index (χ4v) is 2.29. The van der Waals surface area contributed by atoms with Crippen LogP contribution < -0.4 is 0 Å². The largest absolute Gasteiger partial charge is 0.383 e. The molecule has 0 radical (unpaired) electrons. The molecule has 0 atom stereocenters. The van der Waals surface area contributed by atoms with Crippen molar-refractivity contribution in [3.8, 4) is 0 Å².